The van der Waals surface area contributed by atoms with Gasteiger partial charge in [0.1, 0.15) is 0 Å². The molecule has 5 heteroatoms. The maximum atomic E-state index is 13.2. The number of unbranched alkanes of at least 4 members (excludes halogenated alkanes) is 6. The first-order valence-electron chi connectivity index (χ1n) is 12.4. The Labute approximate surface area is 182 Å². The molecule has 0 bridgehead atoms. The van der Waals surface area contributed by atoms with Crippen molar-refractivity contribution in [2.75, 3.05) is 25.4 Å². The summed E-state index contributed by atoms with van der Waals surface area (Å²) < 4.78 is 0. The first kappa shape index (κ1) is 23.0. The van der Waals surface area contributed by atoms with Gasteiger partial charge in [-0.1, -0.05) is 64.7 Å². The molecule has 0 unspecified atom stereocenters. The van der Waals surface area contributed by atoms with Crippen LogP contribution in [0.15, 0.2) is 0 Å². The molecule has 3 rings (SSSR count). The van der Waals surface area contributed by atoms with Crippen LogP contribution in [-0.4, -0.2) is 51.9 Å². The zero-order valence-electron chi connectivity index (χ0n) is 18.6. The number of carbonyl (C=O) groups is 2. The lowest BCUT2D eigenvalue weighted by atomic mass is 9.87. The van der Waals surface area contributed by atoms with E-state index >= 15 is 0 Å². The number of hydrogen-bond donors (Lipinski definition) is 0. The Bertz CT molecular complexity index is 525. The molecule has 166 valence electrons. The van der Waals surface area contributed by atoms with Gasteiger partial charge in [0.2, 0.25) is 11.8 Å². The summed E-state index contributed by atoms with van der Waals surface area (Å²) in [6.07, 6.45) is 17.3. The molecule has 2 aliphatic heterocycles. The first-order chi connectivity index (χ1) is 14.2. The summed E-state index contributed by atoms with van der Waals surface area (Å²) in [5.74, 6) is 2.07. The van der Waals surface area contributed by atoms with E-state index < -0.39 is 0 Å². The Hall–Kier alpha value is -0.710. The minimum absolute atomic E-state index is 0.0232. The van der Waals surface area contributed by atoms with Gasteiger partial charge in [0, 0.05) is 37.7 Å². The largest absolute Gasteiger partial charge is 0.342 e. The summed E-state index contributed by atoms with van der Waals surface area (Å²) in [5, 5.41) is 0. The van der Waals surface area contributed by atoms with E-state index in [4.69, 9.17) is 0 Å². The van der Waals surface area contributed by atoms with Crippen molar-refractivity contribution in [3.63, 3.8) is 0 Å². The predicted octanol–water partition coefficient (Wildman–Crippen LogP) is 5.60. The Balaban J connectivity index is 1.40. The summed E-state index contributed by atoms with van der Waals surface area (Å²) in [7, 11) is 0. The molecule has 2 saturated heterocycles. The van der Waals surface area contributed by atoms with Crippen LogP contribution in [0.25, 0.3) is 0 Å². The number of hydrogen-bond acceptors (Lipinski definition) is 3. The van der Waals surface area contributed by atoms with Gasteiger partial charge in [0.05, 0.1) is 4.87 Å². The lowest BCUT2D eigenvalue weighted by Crippen LogP contribution is -2.55. The fraction of sp³-hybridized carbons (Fsp3) is 0.917. The van der Waals surface area contributed by atoms with Gasteiger partial charge in [-0.05, 0) is 32.1 Å². The van der Waals surface area contributed by atoms with Crippen LogP contribution in [-0.2, 0) is 9.59 Å². The molecule has 2 heterocycles. The maximum absolute atomic E-state index is 13.2. The van der Waals surface area contributed by atoms with Crippen LogP contribution in [0.1, 0.15) is 103 Å². The van der Waals surface area contributed by atoms with Crippen LogP contribution in [0, 0.1) is 5.92 Å². The van der Waals surface area contributed by atoms with E-state index in [9.17, 15) is 9.59 Å². The van der Waals surface area contributed by atoms with Crippen molar-refractivity contribution >= 4 is 23.6 Å². The number of piperidine rings is 1. The Kier molecular flexibility index (Phi) is 9.20. The van der Waals surface area contributed by atoms with Gasteiger partial charge in [-0.15, -0.1) is 11.8 Å². The Morgan fingerprint density at radius 3 is 2.24 bits per heavy atom. The molecule has 3 fully saturated rings. The van der Waals surface area contributed by atoms with Crippen molar-refractivity contribution in [3.05, 3.63) is 0 Å². The molecule has 0 aromatic heterocycles. The molecular weight excluding hydrogens is 380 g/mol. The molecule has 0 radical (unpaired) electrons. The van der Waals surface area contributed by atoms with E-state index in [1.165, 1.54) is 57.8 Å². The lowest BCUT2D eigenvalue weighted by Gasteiger charge is -2.45. The van der Waals surface area contributed by atoms with Crippen LogP contribution in [0.4, 0.5) is 0 Å². The fourth-order valence-corrected chi connectivity index (χ4v) is 6.86. The molecule has 1 saturated carbocycles. The molecule has 0 N–H and O–H groups in total. The second kappa shape index (κ2) is 11.6. The van der Waals surface area contributed by atoms with Gasteiger partial charge < -0.3 is 9.80 Å². The number of thioether (sulfide) groups is 1. The van der Waals surface area contributed by atoms with E-state index in [1.54, 1.807) is 0 Å². The van der Waals surface area contributed by atoms with Crippen molar-refractivity contribution in [1.82, 2.24) is 9.80 Å². The maximum Gasteiger partial charge on any atom is 0.226 e. The summed E-state index contributed by atoms with van der Waals surface area (Å²) >= 11 is 1.98. The van der Waals surface area contributed by atoms with Gasteiger partial charge in [0.25, 0.3) is 0 Å². The Morgan fingerprint density at radius 2 is 1.55 bits per heavy atom. The second-order valence-corrected chi connectivity index (χ2v) is 10.8. The molecule has 29 heavy (non-hydrogen) atoms. The number of likely N-dealkylation sites (tertiary alicyclic amines) is 1. The number of nitrogens with zero attached hydrogens (tertiary/aromatic N) is 2. The smallest absolute Gasteiger partial charge is 0.226 e. The number of amides is 2. The molecule has 1 spiro atoms. The first-order valence-corrected chi connectivity index (χ1v) is 13.4. The monoisotopic (exact) mass is 422 g/mol. The second-order valence-electron chi connectivity index (χ2n) is 9.37. The van der Waals surface area contributed by atoms with E-state index in [0.717, 1.165) is 57.5 Å². The molecule has 1 aliphatic carbocycles. The average Bonchev–Trinajstić information content (AvgIpc) is 3.16. The van der Waals surface area contributed by atoms with Crippen molar-refractivity contribution in [1.29, 1.82) is 0 Å². The third-order valence-electron chi connectivity index (χ3n) is 7.29. The number of rotatable bonds is 9. The molecular formula is C24H42N2O2S. The van der Waals surface area contributed by atoms with Gasteiger partial charge >= 0.3 is 0 Å². The molecule has 0 atom stereocenters. The normalized spacial score (nSPS) is 22.4. The topological polar surface area (TPSA) is 40.6 Å². The zero-order valence-corrected chi connectivity index (χ0v) is 19.4. The highest BCUT2D eigenvalue weighted by Crippen LogP contribution is 2.45. The quantitative estimate of drug-likeness (QED) is 0.454. The van der Waals surface area contributed by atoms with E-state index in [2.05, 4.69) is 16.7 Å². The zero-order chi connectivity index (χ0) is 20.5. The fourth-order valence-electron chi connectivity index (χ4n) is 5.40. The molecule has 0 aromatic rings. The summed E-state index contributed by atoms with van der Waals surface area (Å²) in [6.45, 7) is 4.82. The highest BCUT2D eigenvalue weighted by atomic mass is 32.2. The van der Waals surface area contributed by atoms with Gasteiger partial charge in [0.15, 0.2) is 0 Å². The Morgan fingerprint density at radius 1 is 0.897 bits per heavy atom. The standard InChI is InChI=1S/C24H42N2O2S/c1-2-3-4-5-6-7-11-14-22(27)25-17-15-24(16-18-25)26(19-20-29-24)23(28)21-12-9-8-10-13-21/h21H,2-20H2,1H3. The van der Waals surface area contributed by atoms with Crippen LogP contribution < -0.4 is 0 Å². The number of carbonyl (C=O) groups excluding carboxylic acids is 2. The summed E-state index contributed by atoms with van der Waals surface area (Å²) in [4.78, 5) is 30.1. The summed E-state index contributed by atoms with van der Waals surface area (Å²) in [5.41, 5.74) is 0. The van der Waals surface area contributed by atoms with Crippen LogP contribution in [0.2, 0.25) is 0 Å². The molecule has 4 nitrogen and oxygen atoms in total. The van der Waals surface area contributed by atoms with Crippen molar-refractivity contribution < 1.29 is 9.59 Å². The van der Waals surface area contributed by atoms with E-state index in [0.29, 0.717) is 18.2 Å². The minimum atomic E-state index is -0.0232. The van der Waals surface area contributed by atoms with Crippen LogP contribution in [0.3, 0.4) is 0 Å². The highest BCUT2D eigenvalue weighted by molar-refractivity contribution is 8.00. The molecule has 2 amide bonds. The lowest BCUT2D eigenvalue weighted by molar-refractivity contribution is -0.141. The van der Waals surface area contributed by atoms with Gasteiger partial charge in [-0.3, -0.25) is 9.59 Å². The van der Waals surface area contributed by atoms with E-state index in [1.807, 2.05) is 11.8 Å². The SMILES string of the molecule is CCCCCCCCCC(=O)N1CCC2(CC1)SCCN2C(=O)C1CCCCC1. The predicted molar refractivity (Wildman–Crippen MR) is 122 cm³/mol. The average molecular weight is 423 g/mol. The summed E-state index contributed by atoms with van der Waals surface area (Å²) in [6, 6.07) is 0. The van der Waals surface area contributed by atoms with Crippen molar-refractivity contribution in [3.8, 4) is 0 Å². The van der Waals surface area contributed by atoms with Crippen molar-refractivity contribution in [2.24, 2.45) is 5.92 Å². The van der Waals surface area contributed by atoms with Crippen molar-refractivity contribution in [2.45, 2.75) is 108 Å². The molecule has 0 aromatic carbocycles. The third kappa shape index (κ3) is 6.15. The van der Waals surface area contributed by atoms with Gasteiger partial charge in [-0.2, -0.15) is 0 Å². The van der Waals surface area contributed by atoms with Crippen LogP contribution in [0.5, 0.6) is 0 Å². The highest BCUT2D eigenvalue weighted by Gasteiger charge is 2.48. The van der Waals surface area contributed by atoms with Gasteiger partial charge in [-0.25, -0.2) is 0 Å². The van der Waals surface area contributed by atoms with Crippen LogP contribution >= 0.6 is 11.8 Å². The third-order valence-corrected chi connectivity index (χ3v) is 8.84. The minimum Gasteiger partial charge on any atom is -0.342 e. The molecule has 3 aliphatic rings. The van der Waals surface area contributed by atoms with E-state index in [-0.39, 0.29) is 10.8 Å².